The molecule has 2 rings (SSSR count). The maximum absolute atomic E-state index is 10.8. The minimum Gasteiger partial charge on any atom is -0.619 e. The second kappa shape index (κ2) is 3.54. The molecular formula is C9H8N4O3. The van der Waals surface area contributed by atoms with Crippen LogP contribution in [0, 0.1) is 5.21 Å². The van der Waals surface area contributed by atoms with Crippen molar-refractivity contribution in [1.29, 1.82) is 0 Å². The van der Waals surface area contributed by atoms with E-state index in [0.29, 0.717) is 10.3 Å². The van der Waals surface area contributed by atoms with Gasteiger partial charge in [-0.05, 0) is 0 Å². The molecule has 0 radical (unpaired) electrons. The van der Waals surface area contributed by atoms with Crippen LogP contribution in [-0.2, 0) is 0 Å². The molecule has 0 aliphatic heterocycles. The molecule has 0 aliphatic carbocycles. The average molecular weight is 220 g/mol. The van der Waals surface area contributed by atoms with Crippen LogP contribution in [0.5, 0.6) is 5.88 Å². The average Bonchev–Trinajstić information content (AvgIpc) is 2.61. The standard InChI is InChI=1S/C9H8N4O3/c10-7(14)6-9(15)12-8(11-6)5-1-3-13(16)4-2-5/h1-4,15H,(H2,10,14)(H,11,12). The second-order valence-corrected chi connectivity index (χ2v) is 3.09. The fourth-order valence-electron chi connectivity index (χ4n) is 1.24. The number of pyridine rings is 1. The van der Waals surface area contributed by atoms with E-state index in [4.69, 9.17) is 5.73 Å². The van der Waals surface area contributed by atoms with Crippen LogP contribution in [-0.4, -0.2) is 21.0 Å². The summed E-state index contributed by atoms with van der Waals surface area (Å²) in [7, 11) is 0. The van der Waals surface area contributed by atoms with Gasteiger partial charge in [0, 0.05) is 17.7 Å². The number of imidazole rings is 1. The van der Waals surface area contributed by atoms with E-state index in [1.54, 1.807) is 0 Å². The summed E-state index contributed by atoms with van der Waals surface area (Å²) >= 11 is 0. The Bertz CT molecular complexity index is 532. The van der Waals surface area contributed by atoms with E-state index in [9.17, 15) is 15.1 Å². The first-order valence-electron chi connectivity index (χ1n) is 4.36. The summed E-state index contributed by atoms with van der Waals surface area (Å²) in [6.45, 7) is 0. The van der Waals surface area contributed by atoms with E-state index < -0.39 is 5.91 Å². The Morgan fingerprint density at radius 2 is 2.12 bits per heavy atom. The third-order valence-electron chi connectivity index (χ3n) is 1.99. The number of carbonyl (C=O) groups is 1. The van der Waals surface area contributed by atoms with Crippen LogP contribution in [0.3, 0.4) is 0 Å². The van der Waals surface area contributed by atoms with E-state index in [1.165, 1.54) is 24.5 Å². The van der Waals surface area contributed by atoms with Gasteiger partial charge in [-0.1, -0.05) is 0 Å². The van der Waals surface area contributed by atoms with Crippen LogP contribution in [0.4, 0.5) is 0 Å². The lowest BCUT2D eigenvalue weighted by molar-refractivity contribution is -0.605. The number of nitrogens with two attached hydrogens (primary N) is 1. The van der Waals surface area contributed by atoms with Gasteiger partial charge in [-0.2, -0.15) is 4.73 Å². The Kier molecular flexibility index (Phi) is 2.20. The molecule has 0 atom stereocenters. The summed E-state index contributed by atoms with van der Waals surface area (Å²) in [5.74, 6) is -0.942. The normalized spacial score (nSPS) is 10.2. The van der Waals surface area contributed by atoms with Crippen molar-refractivity contribution in [3.05, 3.63) is 35.4 Å². The molecule has 0 bridgehead atoms. The van der Waals surface area contributed by atoms with Crippen molar-refractivity contribution >= 4 is 5.91 Å². The molecule has 7 heteroatoms. The Hall–Kier alpha value is -2.57. The van der Waals surface area contributed by atoms with Gasteiger partial charge in [0.1, 0.15) is 5.82 Å². The molecule has 0 spiro atoms. The number of hydrogen-bond donors (Lipinski definition) is 3. The molecule has 0 saturated heterocycles. The highest BCUT2D eigenvalue weighted by Gasteiger charge is 2.15. The smallest absolute Gasteiger partial charge is 0.272 e. The summed E-state index contributed by atoms with van der Waals surface area (Å²) in [6, 6.07) is 2.99. The molecule has 16 heavy (non-hydrogen) atoms. The van der Waals surface area contributed by atoms with Crippen molar-refractivity contribution in [2.24, 2.45) is 5.73 Å². The molecule has 82 valence electrons. The number of amides is 1. The zero-order chi connectivity index (χ0) is 11.7. The van der Waals surface area contributed by atoms with Crippen molar-refractivity contribution in [3.63, 3.8) is 0 Å². The van der Waals surface area contributed by atoms with Crippen molar-refractivity contribution in [2.45, 2.75) is 0 Å². The number of aromatic hydroxyl groups is 1. The van der Waals surface area contributed by atoms with E-state index in [-0.39, 0.29) is 17.4 Å². The van der Waals surface area contributed by atoms with Gasteiger partial charge in [0.05, 0.1) is 0 Å². The number of aromatic nitrogens is 3. The summed E-state index contributed by atoms with van der Waals surface area (Å²) in [5, 5.41) is 20.1. The zero-order valence-electron chi connectivity index (χ0n) is 8.04. The van der Waals surface area contributed by atoms with Gasteiger partial charge in [-0.3, -0.25) is 4.79 Å². The molecule has 0 saturated carbocycles. The van der Waals surface area contributed by atoms with Crippen LogP contribution in [0.15, 0.2) is 24.5 Å². The van der Waals surface area contributed by atoms with Gasteiger partial charge >= 0.3 is 0 Å². The number of rotatable bonds is 2. The number of aromatic amines is 1. The number of nitrogens with zero attached hydrogens (tertiary/aromatic N) is 2. The fourth-order valence-corrected chi connectivity index (χ4v) is 1.24. The summed E-state index contributed by atoms with van der Waals surface area (Å²) in [6.07, 6.45) is 2.55. The van der Waals surface area contributed by atoms with Gasteiger partial charge in [-0.15, -0.1) is 0 Å². The monoisotopic (exact) mass is 220 g/mol. The lowest BCUT2D eigenvalue weighted by atomic mass is 10.2. The molecule has 0 aliphatic rings. The molecule has 7 nitrogen and oxygen atoms in total. The first-order chi connectivity index (χ1) is 7.58. The van der Waals surface area contributed by atoms with Gasteiger partial charge in [-0.25, -0.2) is 4.98 Å². The second-order valence-electron chi connectivity index (χ2n) is 3.09. The lowest BCUT2D eigenvalue weighted by Gasteiger charge is -1.96. The van der Waals surface area contributed by atoms with Crippen molar-refractivity contribution in [2.75, 3.05) is 0 Å². The largest absolute Gasteiger partial charge is 0.619 e. The Balaban J connectivity index is 2.45. The van der Waals surface area contributed by atoms with Gasteiger partial charge < -0.3 is 21.0 Å². The molecule has 4 N–H and O–H groups in total. The third kappa shape index (κ3) is 1.65. The maximum atomic E-state index is 10.8. The number of carbonyl (C=O) groups excluding carboxylic acids is 1. The molecule has 2 aromatic heterocycles. The molecular weight excluding hydrogens is 212 g/mol. The van der Waals surface area contributed by atoms with Gasteiger partial charge in [0.25, 0.3) is 5.91 Å². The first-order valence-corrected chi connectivity index (χ1v) is 4.36. The topological polar surface area (TPSA) is 119 Å². The quantitative estimate of drug-likeness (QED) is 0.467. The predicted molar refractivity (Wildman–Crippen MR) is 53.2 cm³/mol. The van der Waals surface area contributed by atoms with E-state index >= 15 is 0 Å². The number of nitrogens with one attached hydrogen (secondary N) is 1. The first kappa shape index (κ1) is 9.97. The number of H-pyrrole nitrogens is 1. The lowest BCUT2D eigenvalue weighted by Crippen LogP contribution is -2.23. The van der Waals surface area contributed by atoms with Crippen molar-refractivity contribution in [3.8, 4) is 17.3 Å². The minimum atomic E-state index is -0.824. The highest BCUT2D eigenvalue weighted by atomic mass is 16.5. The van der Waals surface area contributed by atoms with E-state index in [0.717, 1.165) is 0 Å². The van der Waals surface area contributed by atoms with Crippen LogP contribution < -0.4 is 10.5 Å². The molecule has 0 fully saturated rings. The summed E-state index contributed by atoms with van der Waals surface area (Å²) in [4.78, 5) is 17.2. The molecule has 0 aromatic carbocycles. The highest BCUT2D eigenvalue weighted by Crippen LogP contribution is 2.20. The zero-order valence-corrected chi connectivity index (χ0v) is 8.04. The highest BCUT2D eigenvalue weighted by molar-refractivity contribution is 5.93. The molecule has 0 unspecified atom stereocenters. The minimum absolute atomic E-state index is 0.228. The van der Waals surface area contributed by atoms with Crippen molar-refractivity contribution < 1.29 is 14.6 Å². The number of hydrogen-bond acceptors (Lipinski definition) is 4. The summed E-state index contributed by atoms with van der Waals surface area (Å²) in [5.41, 5.74) is 5.33. The summed E-state index contributed by atoms with van der Waals surface area (Å²) < 4.78 is 0.612. The van der Waals surface area contributed by atoms with E-state index in [2.05, 4.69) is 9.97 Å². The van der Waals surface area contributed by atoms with Crippen LogP contribution in [0.1, 0.15) is 10.5 Å². The van der Waals surface area contributed by atoms with E-state index in [1.807, 2.05) is 0 Å². The maximum Gasteiger partial charge on any atom is 0.272 e. The van der Waals surface area contributed by atoms with Gasteiger partial charge in [0.2, 0.25) is 5.88 Å². The van der Waals surface area contributed by atoms with Crippen LogP contribution in [0.25, 0.3) is 11.4 Å². The fraction of sp³-hybridized carbons (Fsp3) is 0. The number of primary amides is 1. The Morgan fingerprint density at radius 3 is 2.62 bits per heavy atom. The van der Waals surface area contributed by atoms with Crippen molar-refractivity contribution in [1.82, 2.24) is 9.97 Å². The third-order valence-corrected chi connectivity index (χ3v) is 1.99. The molecule has 1 amide bonds. The van der Waals surface area contributed by atoms with Crippen LogP contribution >= 0.6 is 0 Å². The van der Waals surface area contributed by atoms with Crippen LogP contribution in [0.2, 0.25) is 0 Å². The van der Waals surface area contributed by atoms with Gasteiger partial charge in [0.15, 0.2) is 18.1 Å². The molecule has 2 aromatic rings. The molecule has 2 heterocycles. The Morgan fingerprint density at radius 1 is 1.50 bits per heavy atom. The Labute approximate surface area is 89.8 Å². The predicted octanol–water partition coefficient (Wildman–Crippen LogP) is -0.485. The SMILES string of the molecule is NC(=O)c1nc(-c2cc[n+]([O-])cc2)[nH]c1O.